The highest BCUT2D eigenvalue weighted by atomic mass is 16.5. The number of hydrogen-bond acceptors (Lipinski definition) is 3. The first-order valence-electron chi connectivity index (χ1n) is 11.6. The van der Waals surface area contributed by atoms with Crippen LogP contribution in [0.1, 0.15) is 37.5 Å². The fraction of sp³-hybridized carbons (Fsp3) is 0.310. The standard InChI is InChI=1S/C29H34N2O3/c1-29(2,3)24-15-17-25(18-16-24)34-21-27(32)31(20-23-13-9-6-10-14-23)26(28(33)30-4)19-22-11-7-5-8-12-22/h5-18,26H,19-21H2,1-4H3,(H,30,33). The molecule has 0 saturated heterocycles. The zero-order chi connectivity index (χ0) is 24.6. The van der Waals surface area contributed by atoms with E-state index in [0.717, 1.165) is 11.1 Å². The third-order valence-electron chi connectivity index (χ3n) is 5.80. The quantitative estimate of drug-likeness (QED) is 0.503. The summed E-state index contributed by atoms with van der Waals surface area (Å²) in [6.45, 7) is 6.62. The molecular formula is C29H34N2O3. The predicted octanol–water partition coefficient (Wildman–Crippen LogP) is 4.75. The molecular weight excluding hydrogens is 424 g/mol. The van der Waals surface area contributed by atoms with Crippen molar-refractivity contribution < 1.29 is 14.3 Å². The van der Waals surface area contributed by atoms with Gasteiger partial charge in [-0.2, -0.15) is 0 Å². The van der Waals surface area contributed by atoms with E-state index in [-0.39, 0.29) is 23.8 Å². The zero-order valence-corrected chi connectivity index (χ0v) is 20.5. The van der Waals surface area contributed by atoms with Crippen LogP contribution in [0.4, 0.5) is 0 Å². The number of rotatable bonds is 9. The van der Waals surface area contributed by atoms with Gasteiger partial charge in [0.15, 0.2) is 6.61 Å². The fourth-order valence-electron chi connectivity index (χ4n) is 3.78. The van der Waals surface area contributed by atoms with Crippen LogP contribution in [-0.4, -0.2) is 36.4 Å². The van der Waals surface area contributed by atoms with Gasteiger partial charge in [0, 0.05) is 20.0 Å². The summed E-state index contributed by atoms with van der Waals surface area (Å²) in [6, 6.07) is 26.6. The summed E-state index contributed by atoms with van der Waals surface area (Å²) >= 11 is 0. The van der Waals surface area contributed by atoms with Gasteiger partial charge in [0.1, 0.15) is 11.8 Å². The lowest BCUT2D eigenvalue weighted by atomic mass is 9.87. The molecule has 0 spiro atoms. The lowest BCUT2D eigenvalue weighted by molar-refractivity contribution is -0.142. The lowest BCUT2D eigenvalue weighted by Gasteiger charge is -2.31. The van der Waals surface area contributed by atoms with Gasteiger partial charge < -0.3 is 15.0 Å². The number of nitrogens with one attached hydrogen (secondary N) is 1. The Hall–Kier alpha value is -3.60. The van der Waals surface area contributed by atoms with Gasteiger partial charge in [-0.05, 0) is 34.2 Å². The minimum absolute atomic E-state index is 0.0407. The first-order valence-corrected chi connectivity index (χ1v) is 11.6. The van der Waals surface area contributed by atoms with Crippen molar-refractivity contribution in [3.63, 3.8) is 0 Å². The van der Waals surface area contributed by atoms with Crippen LogP contribution in [0.2, 0.25) is 0 Å². The minimum atomic E-state index is -0.660. The van der Waals surface area contributed by atoms with Crippen molar-refractivity contribution in [2.45, 2.75) is 45.2 Å². The van der Waals surface area contributed by atoms with Crippen molar-refractivity contribution in [2.24, 2.45) is 0 Å². The van der Waals surface area contributed by atoms with E-state index in [0.29, 0.717) is 18.7 Å². The average molecular weight is 459 g/mol. The van der Waals surface area contributed by atoms with Crippen LogP contribution in [0.3, 0.4) is 0 Å². The van der Waals surface area contributed by atoms with Crippen LogP contribution in [0, 0.1) is 0 Å². The van der Waals surface area contributed by atoms with Crippen LogP contribution in [0.5, 0.6) is 5.75 Å². The molecule has 1 atom stereocenters. The van der Waals surface area contributed by atoms with Crippen LogP contribution >= 0.6 is 0 Å². The predicted molar refractivity (Wildman–Crippen MR) is 136 cm³/mol. The van der Waals surface area contributed by atoms with Gasteiger partial charge in [0.05, 0.1) is 0 Å². The summed E-state index contributed by atoms with van der Waals surface area (Å²) in [5.41, 5.74) is 3.17. The Bertz CT molecular complexity index is 1060. The summed E-state index contributed by atoms with van der Waals surface area (Å²) in [6.07, 6.45) is 0.416. The highest BCUT2D eigenvalue weighted by Crippen LogP contribution is 2.24. The highest BCUT2D eigenvalue weighted by molar-refractivity contribution is 5.88. The molecule has 3 rings (SSSR count). The number of carbonyl (C=O) groups is 2. The van der Waals surface area contributed by atoms with E-state index in [4.69, 9.17) is 4.74 Å². The Morgan fingerprint density at radius 2 is 1.41 bits per heavy atom. The number of ether oxygens (including phenoxy) is 1. The number of likely N-dealkylation sites (N-methyl/N-ethyl adjacent to an activating group) is 1. The summed E-state index contributed by atoms with van der Waals surface area (Å²) in [5, 5.41) is 2.73. The number of nitrogens with zero attached hydrogens (tertiary/aromatic N) is 1. The number of benzene rings is 3. The second-order valence-electron chi connectivity index (χ2n) is 9.39. The van der Waals surface area contributed by atoms with Crippen molar-refractivity contribution in [3.8, 4) is 5.75 Å². The monoisotopic (exact) mass is 458 g/mol. The summed E-state index contributed by atoms with van der Waals surface area (Å²) < 4.78 is 5.84. The second kappa shape index (κ2) is 11.5. The van der Waals surface area contributed by atoms with Crippen LogP contribution in [0.25, 0.3) is 0 Å². The molecule has 3 aromatic rings. The summed E-state index contributed by atoms with van der Waals surface area (Å²) in [5.74, 6) is 0.177. The van der Waals surface area contributed by atoms with Gasteiger partial charge in [0.25, 0.3) is 5.91 Å². The highest BCUT2D eigenvalue weighted by Gasteiger charge is 2.30. The van der Waals surface area contributed by atoms with Crippen molar-refractivity contribution in [3.05, 3.63) is 102 Å². The lowest BCUT2D eigenvalue weighted by Crippen LogP contribution is -2.51. The molecule has 1 unspecified atom stereocenters. The maximum Gasteiger partial charge on any atom is 0.261 e. The maximum absolute atomic E-state index is 13.4. The Morgan fingerprint density at radius 3 is 1.94 bits per heavy atom. The Balaban J connectivity index is 1.81. The zero-order valence-electron chi connectivity index (χ0n) is 20.5. The molecule has 2 amide bonds. The molecule has 0 aromatic heterocycles. The first-order chi connectivity index (χ1) is 16.3. The molecule has 3 aromatic carbocycles. The van der Waals surface area contributed by atoms with Crippen LogP contribution in [-0.2, 0) is 28.0 Å². The van der Waals surface area contributed by atoms with Gasteiger partial charge in [-0.25, -0.2) is 0 Å². The molecule has 0 bridgehead atoms. The minimum Gasteiger partial charge on any atom is -0.484 e. The number of hydrogen-bond donors (Lipinski definition) is 1. The normalized spacial score (nSPS) is 12.0. The van der Waals surface area contributed by atoms with E-state index in [9.17, 15) is 9.59 Å². The molecule has 0 aliphatic rings. The Kier molecular flexibility index (Phi) is 8.47. The van der Waals surface area contributed by atoms with E-state index in [1.807, 2.05) is 84.9 Å². The topological polar surface area (TPSA) is 58.6 Å². The van der Waals surface area contributed by atoms with E-state index >= 15 is 0 Å². The molecule has 5 heteroatoms. The molecule has 0 heterocycles. The number of carbonyl (C=O) groups excluding carboxylic acids is 2. The molecule has 5 nitrogen and oxygen atoms in total. The SMILES string of the molecule is CNC(=O)C(Cc1ccccc1)N(Cc1ccccc1)C(=O)COc1ccc(C(C)(C)C)cc1. The smallest absolute Gasteiger partial charge is 0.261 e. The molecule has 34 heavy (non-hydrogen) atoms. The third kappa shape index (κ3) is 6.95. The third-order valence-corrected chi connectivity index (χ3v) is 5.80. The van der Waals surface area contributed by atoms with E-state index in [2.05, 4.69) is 26.1 Å². The van der Waals surface area contributed by atoms with Gasteiger partial charge in [-0.1, -0.05) is 93.6 Å². The molecule has 0 saturated carbocycles. The van der Waals surface area contributed by atoms with Gasteiger partial charge in [-0.15, -0.1) is 0 Å². The Labute approximate surface area is 202 Å². The maximum atomic E-state index is 13.4. The molecule has 178 valence electrons. The molecule has 0 aliphatic heterocycles. The van der Waals surface area contributed by atoms with E-state index in [1.54, 1.807) is 11.9 Å². The van der Waals surface area contributed by atoms with Crippen molar-refractivity contribution >= 4 is 11.8 Å². The second-order valence-corrected chi connectivity index (χ2v) is 9.39. The van der Waals surface area contributed by atoms with Gasteiger partial charge >= 0.3 is 0 Å². The van der Waals surface area contributed by atoms with E-state index in [1.165, 1.54) is 5.56 Å². The number of amides is 2. The van der Waals surface area contributed by atoms with E-state index < -0.39 is 6.04 Å². The van der Waals surface area contributed by atoms with Gasteiger partial charge in [0.2, 0.25) is 5.91 Å². The van der Waals surface area contributed by atoms with Gasteiger partial charge in [-0.3, -0.25) is 9.59 Å². The summed E-state index contributed by atoms with van der Waals surface area (Å²) in [7, 11) is 1.60. The average Bonchev–Trinajstić information content (AvgIpc) is 2.85. The van der Waals surface area contributed by atoms with Crippen LogP contribution < -0.4 is 10.1 Å². The largest absolute Gasteiger partial charge is 0.484 e. The van der Waals surface area contributed by atoms with Crippen molar-refractivity contribution in [1.29, 1.82) is 0 Å². The molecule has 1 N–H and O–H groups in total. The van der Waals surface area contributed by atoms with Crippen molar-refractivity contribution in [2.75, 3.05) is 13.7 Å². The molecule has 0 radical (unpaired) electrons. The molecule has 0 fully saturated rings. The fourth-order valence-corrected chi connectivity index (χ4v) is 3.78. The first kappa shape index (κ1) is 25.0. The van der Waals surface area contributed by atoms with Crippen LogP contribution in [0.15, 0.2) is 84.9 Å². The van der Waals surface area contributed by atoms with Crippen molar-refractivity contribution in [1.82, 2.24) is 10.2 Å². The molecule has 0 aliphatic carbocycles. The Morgan fingerprint density at radius 1 is 0.853 bits per heavy atom. The summed E-state index contributed by atoms with van der Waals surface area (Å²) in [4.78, 5) is 27.9.